The van der Waals surface area contributed by atoms with Gasteiger partial charge in [-0.3, -0.25) is 4.79 Å². The minimum Gasteiger partial charge on any atom is -0.353 e. The van der Waals surface area contributed by atoms with Crippen molar-refractivity contribution in [3.8, 4) is 0 Å². The first kappa shape index (κ1) is 18.7. The largest absolute Gasteiger partial charge is 0.353 e. The summed E-state index contributed by atoms with van der Waals surface area (Å²) < 4.78 is 24.6. The number of piperidine rings is 1. The Bertz CT molecular complexity index is 481. The average Bonchev–Trinajstić information content (AvgIpc) is 2.53. The molecular weight excluding hydrogens is 314 g/mol. The van der Waals surface area contributed by atoms with Crippen LogP contribution in [0.15, 0.2) is 0 Å². The summed E-state index contributed by atoms with van der Waals surface area (Å²) in [6, 6.07) is 0.475. The van der Waals surface area contributed by atoms with Gasteiger partial charge in [0.25, 0.3) is 0 Å². The van der Waals surface area contributed by atoms with Crippen LogP contribution in [-0.4, -0.2) is 68.6 Å². The van der Waals surface area contributed by atoms with Crippen molar-refractivity contribution in [3.05, 3.63) is 0 Å². The van der Waals surface area contributed by atoms with Gasteiger partial charge >= 0.3 is 0 Å². The van der Waals surface area contributed by atoms with Gasteiger partial charge in [0.2, 0.25) is 15.9 Å². The van der Waals surface area contributed by atoms with Crippen molar-refractivity contribution in [3.63, 3.8) is 0 Å². The predicted octanol–water partition coefficient (Wildman–Crippen LogP) is 1.18. The van der Waals surface area contributed by atoms with Crippen molar-refractivity contribution in [2.24, 2.45) is 0 Å². The first-order chi connectivity index (χ1) is 10.9. The monoisotopic (exact) mass is 345 g/mol. The van der Waals surface area contributed by atoms with Crippen molar-refractivity contribution in [1.29, 1.82) is 0 Å². The van der Waals surface area contributed by atoms with Crippen LogP contribution in [0.1, 0.15) is 51.4 Å². The van der Waals surface area contributed by atoms with Crippen molar-refractivity contribution in [1.82, 2.24) is 14.5 Å². The number of likely N-dealkylation sites (tertiary alicyclic amines) is 1. The number of nitrogens with one attached hydrogen (secondary N) is 1. The van der Waals surface area contributed by atoms with Crippen LogP contribution in [0.25, 0.3) is 0 Å². The molecule has 1 heterocycles. The van der Waals surface area contributed by atoms with Crippen molar-refractivity contribution in [2.75, 3.05) is 32.9 Å². The molecule has 1 saturated carbocycles. The summed E-state index contributed by atoms with van der Waals surface area (Å²) in [6.45, 7) is 2.50. The van der Waals surface area contributed by atoms with Crippen LogP contribution >= 0.6 is 0 Å². The molecule has 7 heteroatoms. The van der Waals surface area contributed by atoms with Gasteiger partial charge in [-0.05, 0) is 38.8 Å². The number of amides is 1. The van der Waals surface area contributed by atoms with Crippen LogP contribution in [0.2, 0.25) is 0 Å². The maximum atomic E-state index is 12.0. The molecule has 1 amide bonds. The summed E-state index contributed by atoms with van der Waals surface area (Å²) in [4.78, 5) is 14.3. The van der Waals surface area contributed by atoms with E-state index in [1.807, 2.05) is 0 Å². The Kier molecular flexibility index (Phi) is 6.85. The van der Waals surface area contributed by atoms with Crippen LogP contribution in [0.5, 0.6) is 0 Å². The lowest BCUT2D eigenvalue weighted by Crippen LogP contribution is -2.46. The molecule has 2 fully saturated rings. The number of hydrogen-bond donors (Lipinski definition) is 1. The zero-order valence-corrected chi connectivity index (χ0v) is 15.3. The molecule has 0 radical (unpaired) electrons. The van der Waals surface area contributed by atoms with Crippen molar-refractivity contribution < 1.29 is 13.2 Å². The van der Waals surface area contributed by atoms with Crippen LogP contribution in [-0.2, 0) is 14.8 Å². The Labute approximate surface area is 140 Å². The maximum absolute atomic E-state index is 12.0. The molecule has 23 heavy (non-hydrogen) atoms. The highest BCUT2D eigenvalue weighted by atomic mass is 32.2. The highest BCUT2D eigenvalue weighted by Gasteiger charge is 2.27. The third-order valence-electron chi connectivity index (χ3n) is 5.22. The normalized spacial score (nSPS) is 22.4. The van der Waals surface area contributed by atoms with E-state index < -0.39 is 10.0 Å². The predicted molar refractivity (Wildman–Crippen MR) is 91.7 cm³/mol. The Hall–Kier alpha value is -0.660. The van der Waals surface area contributed by atoms with Gasteiger partial charge in [0.1, 0.15) is 0 Å². The number of sulfonamides is 1. The first-order valence-electron chi connectivity index (χ1n) is 8.81. The SMILES string of the molecule is CN(C1CCN(CCC(=O)NC2CCCCC2)CC1)S(C)(=O)=O. The Morgan fingerprint density at radius 2 is 1.74 bits per heavy atom. The zero-order chi connectivity index (χ0) is 16.9. The molecule has 0 atom stereocenters. The average molecular weight is 346 g/mol. The quantitative estimate of drug-likeness (QED) is 0.785. The molecule has 2 aliphatic rings. The van der Waals surface area contributed by atoms with E-state index in [9.17, 15) is 13.2 Å². The van der Waals surface area contributed by atoms with Gasteiger partial charge in [0.15, 0.2) is 0 Å². The highest BCUT2D eigenvalue weighted by Crippen LogP contribution is 2.19. The van der Waals surface area contributed by atoms with Gasteiger partial charge in [0.05, 0.1) is 6.26 Å². The lowest BCUT2D eigenvalue weighted by Gasteiger charge is -2.35. The molecule has 0 spiro atoms. The molecule has 134 valence electrons. The van der Waals surface area contributed by atoms with E-state index in [4.69, 9.17) is 0 Å². The van der Waals surface area contributed by atoms with Gasteiger partial charge in [-0.25, -0.2) is 12.7 Å². The second-order valence-electron chi connectivity index (χ2n) is 7.00. The number of carbonyl (C=O) groups is 1. The van der Waals surface area contributed by atoms with Crippen LogP contribution in [0.3, 0.4) is 0 Å². The van der Waals surface area contributed by atoms with Crippen LogP contribution in [0.4, 0.5) is 0 Å². The molecule has 2 rings (SSSR count). The van der Waals surface area contributed by atoms with Crippen LogP contribution in [0, 0.1) is 0 Å². The number of carbonyl (C=O) groups excluding carboxylic acids is 1. The number of hydrogen-bond acceptors (Lipinski definition) is 4. The lowest BCUT2D eigenvalue weighted by atomic mass is 9.95. The van der Waals surface area contributed by atoms with E-state index in [0.29, 0.717) is 12.5 Å². The molecule has 0 unspecified atom stereocenters. The van der Waals surface area contributed by atoms with Gasteiger partial charge in [-0.1, -0.05) is 19.3 Å². The fourth-order valence-electron chi connectivity index (χ4n) is 3.58. The Morgan fingerprint density at radius 3 is 2.30 bits per heavy atom. The Morgan fingerprint density at radius 1 is 1.13 bits per heavy atom. The van der Waals surface area contributed by atoms with E-state index in [1.165, 1.54) is 29.8 Å². The second kappa shape index (κ2) is 8.44. The van der Waals surface area contributed by atoms with Crippen molar-refractivity contribution in [2.45, 2.75) is 63.5 Å². The fourth-order valence-corrected chi connectivity index (χ4v) is 4.34. The summed E-state index contributed by atoms with van der Waals surface area (Å²) in [5.41, 5.74) is 0. The summed E-state index contributed by atoms with van der Waals surface area (Å²) in [7, 11) is -1.45. The van der Waals surface area contributed by atoms with E-state index >= 15 is 0 Å². The molecule has 0 aromatic carbocycles. The molecule has 0 aromatic heterocycles. The van der Waals surface area contributed by atoms with Crippen molar-refractivity contribution >= 4 is 15.9 Å². The third-order valence-corrected chi connectivity index (χ3v) is 6.56. The minimum absolute atomic E-state index is 0.0947. The topological polar surface area (TPSA) is 69.7 Å². The molecule has 6 nitrogen and oxygen atoms in total. The summed E-state index contributed by atoms with van der Waals surface area (Å²) in [5.74, 6) is 0.160. The van der Waals surface area contributed by atoms with Gasteiger partial charge < -0.3 is 10.2 Å². The molecular formula is C16H31N3O3S. The first-order valence-corrected chi connectivity index (χ1v) is 10.7. The summed E-state index contributed by atoms with van der Waals surface area (Å²) in [5, 5.41) is 3.15. The molecule has 1 N–H and O–H groups in total. The van der Waals surface area contributed by atoms with E-state index in [0.717, 1.165) is 45.3 Å². The second-order valence-corrected chi connectivity index (χ2v) is 9.05. The van der Waals surface area contributed by atoms with Gasteiger partial charge in [-0.2, -0.15) is 0 Å². The summed E-state index contributed by atoms with van der Waals surface area (Å²) in [6.07, 6.45) is 9.48. The molecule has 1 saturated heterocycles. The minimum atomic E-state index is -3.11. The molecule has 1 aliphatic carbocycles. The Balaban J connectivity index is 1.65. The van der Waals surface area contributed by atoms with Crippen LogP contribution < -0.4 is 5.32 Å². The number of nitrogens with zero attached hydrogens (tertiary/aromatic N) is 2. The summed E-state index contributed by atoms with van der Waals surface area (Å²) >= 11 is 0. The zero-order valence-electron chi connectivity index (χ0n) is 14.5. The maximum Gasteiger partial charge on any atom is 0.221 e. The van der Waals surface area contributed by atoms with E-state index in [2.05, 4.69) is 10.2 Å². The van der Waals surface area contributed by atoms with E-state index in [-0.39, 0.29) is 11.9 Å². The van der Waals surface area contributed by atoms with Gasteiger partial charge in [-0.15, -0.1) is 0 Å². The molecule has 0 bridgehead atoms. The molecule has 0 aromatic rings. The number of rotatable bonds is 6. The van der Waals surface area contributed by atoms with Gasteiger partial charge in [0, 0.05) is 32.1 Å². The fraction of sp³-hybridized carbons (Fsp3) is 0.938. The third kappa shape index (κ3) is 6.04. The van der Waals surface area contributed by atoms with E-state index in [1.54, 1.807) is 7.05 Å². The molecule has 1 aliphatic heterocycles. The standard InChI is InChI=1S/C16H31N3O3S/c1-18(23(2,21)22)15-8-11-19(12-9-15)13-10-16(20)17-14-6-4-3-5-7-14/h14-15H,3-13H2,1-2H3,(H,17,20). The lowest BCUT2D eigenvalue weighted by molar-refractivity contribution is -0.122. The highest BCUT2D eigenvalue weighted by molar-refractivity contribution is 7.88. The smallest absolute Gasteiger partial charge is 0.221 e.